The van der Waals surface area contributed by atoms with E-state index in [0.29, 0.717) is 18.7 Å². The maximum absolute atomic E-state index is 12.4. The van der Waals surface area contributed by atoms with Crippen LogP contribution in [0.4, 0.5) is 0 Å². The van der Waals surface area contributed by atoms with Gasteiger partial charge in [-0.05, 0) is 25.5 Å². The van der Waals surface area contributed by atoms with Gasteiger partial charge < -0.3 is 10.5 Å². The maximum Gasteiger partial charge on any atom is 0.241 e. The quantitative estimate of drug-likeness (QED) is 0.802. The molecule has 2 atom stereocenters. The molecule has 0 saturated carbocycles. The van der Waals surface area contributed by atoms with Crippen molar-refractivity contribution in [2.75, 3.05) is 19.7 Å². The van der Waals surface area contributed by atoms with Crippen molar-refractivity contribution in [2.24, 2.45) is 11.7 Å². The smallest absolute Gasteiger partial charge is 0.241 e. The Morgan fingerprint density at radius 2 is 2.19 bits per heavy atom. The van der Waals surface area contributed by atoms with Crippen molar-refractivity contribution < 1.29 is 13.2 Å². The summed E-state index contributed by atoms with van der Waals surface area (Å²) in [5.74, 6) is 5.69. The molecule has 0 aromatic heterocycles. The Balaban J connectivity index is 2.15. The largest absolute Gasteiger partial charge is 0.378 e. The highest BCUT2D eigenvalue weighted by Gasteiger charge is 2.26. The van der Waals surface area contributed by atoms with Crippen LogP contribution < -0.4 is 10.5 Å². The van der Waals surface area contributed by atoms with Crippen LogP contribution >= 0.6 is 0 Å². The van der Waals surface area contributed by atoms with Gasteiger partial charge in [0.05, 0.1) is 17.5 Å². The summed E-state index contributed by atoms with van der Waals surface area (Å²) in [6.45, 7) is 3.22. The zero-order valence-corrected chi connectivity index (χ0v) is 12.8. The highest BCUT2D eigenvalue weighted by Crippen LogP contribution is 2.21. The zero-order valence-electron chi connectivity index (χ0n) is 12.0. The molecule has 6 heteroatoms. The Morgan fingerprint density at radius 3 is 2.86 bits per heavy atom. The number of rotatable bonds is 4. The number of nitrogens with two attached hydrogens (primary N) is 1. The van der Waals surface area contributed by atoms with E-state index in [1.807, 2.05) is 6.92 Å². The summed E-state index contributed by atoms with van der Waals surface area (Å²) < 4.78 is 33.0. The second kappa shape index (κ2) is 7.05. The van der Waals surface area contributed by atoms with Gasteiger partial charge in [0.25, 0.3) is 0 Å². The van der Waals surface area contributed by atoms with Gasteiger partial charge in [0.15, 0.2) is 0 Å². The Kier molecular flexibility index (Phi) is 5.37. The third-order valence-corrected chi connectivity index (χ3v) is 5.05. The fourth-order valence-electron chi connectivity index (χ4n) is 2.29. The van der Waals surface area contributed by atoms with Crippen LogP contribution in [0.25, 0.3) is 0 Å². The monoisotopic (exact) mass is 308 g/mol. The average Bonchev–Trinajstić information content (AvgIpc) is 2.89. The molecule has 1 aliphatic heterocycles. The lowest BCUT2D eigenvalue weighted by Gasteiger charge is -2.15. The van der Waals surface area contributed by atoms with Crippen LogP contribution in [0.15, 0.2) is 29.2 Å². The fourth-order valence-corrected chi connectivity index (χ4v) is 3.54. The molecule has 0 bridgehead atoms. The summed E-state index contributed by atoms with van der Waals surface area (Å²) >= 11 is 0. The Labute approximate surface area is 125 Å². The van der Waals surface area contributed by atoms with Crippen LogP contribution in [0.5, 0.6) is 0 Å². The SMILES string of the molecule is CC1OCCC1CNS(=O)(=O)c1ccccc1C#CCN. The Morgan fingerprint density at radius 1 is 1.43 bits per heavy atom. The minimum atomic E-state index is -3.58. The van der Waals surface area contributed by atoms with Gasteiger partial charge in [0.2, 0.25) is 10.0 Å². The summed E-state index contributed by atoms with van der Waals surface area (Å²) in [7, 11) is -3.58. The molecule has 2 unspecified atom stereocenters. The van der Waals surface area contributed by atoms with Crippen molar-refractivity contribution in [3.63, 3.8) is 0 Å². The van der Waals surface area contributed by atoms with E-state index in [0.717, 1.165) is 6.42 Å². The first-order chi connectivity index (χ1) is 10.0. The Bertz CT molecular complexity index is 646. The summed E-state index contributed by atoms with van der Waals surface area (Å²) in [4.78, 5) is 0.192. The molecule has 5 nitrogen and oxygen atoms in total. The van der Waals surface area contributed by atoms with Crippen molar-refractivity contribution in [2.45, 2.75) is 24.3 Å². The average molecular weight is 308 g/mol. The number of hydrogen-bond acceptors (Lipinski definition) is 4. The minimum absolute atomic E-state index is 0.0833. The van der Waals surface area contributed by atoms with E-state index in [4.69, 9.17) is 10.5 Å². The van der Waals surface area contributed by atoms with Crippen LogP contribution in [0.3, 0.4) is 0 Å². The lowest BCUT2D eigenvalue weighted by molar-refractivity contribution is 0.107. The van der Waals surface area contributed by atoms with E-state index in [-0.39, 0.29) is 23.5 Å². The van der Waals surface area contributed by atoms with E-state index < -0.39 is 10.0 Å². The summed E-state index contributed by atoms with van der Waals surface area (Å²) in [5, 5.41) is 0. The van der Waals surface area contributed by atoms with Crippen molar-refractivity contribution in [1.29, 1.82) is 0 Å². The second-order valence-electron chi connectivity index (χ2n) is 4.98. The van der Waals surface area contributed by atoms with Gasteiger partial charge in [-0.1, -0.05) is 24.0 Å². The lowest BCUT2D eigenvalue weighted by Crippen LogP contribution is -2.32. The highest BCUT2D eigenvalue weighted by molar-refractivity contribution is 7.89. The van der Waals surface area contributed by atoms with Crippen molar-refractivity contribution in [3.8, 4) is 11.8 Å². The topological polar surface area (TPSA) is 81.4 Å². The molecule has 1 aromatic carbocycles. The molecular weight excluding hydrogens is 288 g/mol. The van der Waals surface area contributed by atoms with E-state index >= 15 is 0 Å². The van der Waals surface area contributed by atoms with E-state index in [1.54, 1.807) is 24.3 Å². The van der Waals surface area contributed by atoms with Gasteiger partial charge in [0.1, 0.15) is 0 Å². The molecule has 0 radical (unpaired) electrons. The first kappa shape index (κ1) is 16.0. The van der Waals surface area contributed by atoms with Gasteiger partial charge in [-0.15, -0.1) is 0 Å². The minimum Gasteiger partial charge on any atom is -0.378 e. The molecule has 1 saturated heterocycles. The van der Waals surface area contributed by atoms with Crippen molar-refractivity contribution in [3.05, 3.63) is 29.8 Å². The summed E-state index contributed by atoms with van der Waals surface area (Å²) in [5.41, 5.74) is 5.80. The molecular formula is C15H20N2O3S. The summed E-state index contributed by atoms with van der Waals surface area (Å²) in [6.07, 6.45) is 0.957. The van der Waals surface area contributed by atoms with Crippen LogP contribution in [0, 0.1) is 17.8 Å². The molecule has 0 amide bonds. The fraction of sp³-hybridized carbons (Fsp3) is 0.467. The van der Waals surface area contributed by atoms with E-state index in [2.05, 4.69) is 16.6 Å². The number of benzene rings is 1. The lowest BCUT2D eigenvalue weighted by atomic mass is 10.0. The van der Waals surface area contributed by atoms with Gasteiger partial charge >= 0.3 is 0 Å². The highest BCUT2D eigenvalue weighted by atomic mass is 32.2. The molecule has 1 aromatic rings. The standard InChI is InChI=1S/C15H20N2O3S/c1-12-14(8-10-20-12)11-17-21(18,19)15-7-3-2-5-13(15)6-4-9-16/h2-3,5,7,12,14,17H,8-11,16H2,1H3. The molecule has 3 N–H and O–H groups in total. The zero-order chi connectivity index (χ0) is 15.3. The molecule has 0 aliphatic carbocycles. The van der Waals surface area contributed by atoms with Crippen molar-refractivity contribution >= 4 is 10.0 Å². The molecule has 21 heavy (non-hydrogen) atoms. The third-order valence-electron chi connectivity index (χ3n) is 3.57. The van der Waals surface area contributed by atoms with Gasteiger partial charge in [0, 0.05) is 24.6 Å². The van der Waals surface area contributed by atoms with Crippen LogP contribution in [-0.2, 0) is 14.8 Å². The number of hydrogen-bond donors (Lipinski definition) is 2. The summed E-state index contributed by atoms with van der Waals surface area (Å²) in [6, 6.07) is 6.67. The molecule has 0 spiro atoms. The number of nitrogens with one attached hydrogen (secondary N) is 1. The number of ether oxygens (including phenoxy) is 1. The van der Waals surface area contributed by atoms with Crippen LogP contribution in [-0.4, -0.2) is 34.2 Å². The first-order valence-electron chi connectivity index (χ1n) is 6.94. The predicted molar refractivity (Wildman–Crippen MR) is 81.1 cm³/mol. The van der Waals surface area contributed by atoms with E-state index in [9.17, 15) is 8.42 Å². The first-order valence-corrected chi connectivity index (χ1v) is 8.42. The normalized spacial score (nSPS) is 21.8. The predicted octanol–water partition coefficient (Wildman–Crippen LogP) is 0.700. The molecule has 1 fully saturated rings. The maximum atomic E-state index is 12.4. The molecule has 1 aliphatic rings. The molecule has 114 valence electrons. The second-order valence-corrected chi connectivity index (χ2v) is 6.71. The van der Waals surface area contributed by atoms with Gasteiger partial charge in [-0.2, -0.15) is 0 Å². The van der Waals surface area contributed by atoms with Crippen LogP contribution in [0.2, 0.25) is 0 Å². The van der Waals surface area contributed by atoms with Gasteiger partial charge in [-0.25, -0.2) is 13.1 Å². The van der Waals surface area contributed by atoms with Crippen LogP contribution in [0.1, 0.15) is 18.9 Å². The van der Waals surface area contributed by atoms with Crippen molar-refractivity contribution in [1.82, 2.24) is 4.72 Å². The number of sulfonamides is 1. The Hall–Kier alpha value is -1.39. The van der Waals surface area contributed by atoms with Gasteiger partial charge in [-0.3, -0.25) is 0 Å². The molecule has 1 heterocycles. The van der Waals surface area contributed by atoms with E-state index in [1.165, 1.54) is 0 Å². The third kappa shape index (κ3) is 4.05. The molecule has 2 rings (SSSR count).